The fraction of sp³-hybridized carbons (Fsp3) is 0.207. The normalized spacial score (nSPS) is 20.5. The third-order valence-electron chi connectivity index (χ3n) is 6.39. The lowest BCUT2D eigenvalue weighted by Gasteiger charge is -2.37. The van der Waals surface area contributed by atoms with Crippen LogP contribution in [0.25, 0.3) is 0 Å². The second kappa shape index (κ2) is 9.26. The van der Waals surface area contributed by atoms with Gasteiger partial charge in [0.2, 0.25) is 0 Å². The lowest BCUT2D eigenvalue weighted by Crippen LogP contribution is -2.28. The lowest BCUT2D eigenvalue weighted by molar-refractivity contribution is 0.331. The fourth-order valence-corrected chi connectivity index (χ4v) is 4.79. The molecule has 0 fully saturated rings. The van der Waals surface area contributed by atoms with E-state index in [0.717, 1.165) is 17.7 Å². The zero-order valence-electron chi connectivity index (χ0n) is 18.6. The molecule has 0 saturated heterocycles. The number of para-hydroxylation sites is 1. The van der Waals surface area contributed by atoms with Gasteiger partial charge in [0.25, 0.3) is 0 Å². The molecule has 4 heteroatoms. The molecule has 3 atom stereocenters. The number of nitrogens with one attached hydrogen (secondary N) is 1. The van der Waals surface area contributed by atoms with Crippen molar-refractivity contribution in [2.45, 2.75) is 18.4 Å². The number of fused-ring (bicyclic) bond motifs is 3. The number of hydrogen-bond acceptors (Lipinski definition) is 4. The summed E-state index contributed by atoms with van der Waals surface area (Å²) in [4.78, 5) is 4.65. The highest BCUT2D eigenvalue weighted by atomic mass is 16.5. The largest absolute Gasteiger partial charge is 0.493 e. The zero-order chi connectivity index (χ0) is 22.6. The highest BCUT2D eigenvalue weighted by molar-refractivity contribution is 5.83. The average molecular weight is 435 g/mol. The molecule has 4 nitrogen and oxygen atoms in total. The van der Waals surface area contributed by atoms with E-state index >= 15 is 0 Å². The first-order valence-electron chi connectivity index (χ1n) is 11.2. The van der Waals surface area contributed by atoms with Gasteiger partial charge in [0.1, 0.15) is 6.61 Å². The second-order valence-corrected chi connectivity index (χ2v) is 8.32. The molecule has 0 bridgehead atoms. The summed E-state index contributed by atoms with van der Waals surface area (Å²) < 4.78 is 10.9. The fourth-order valence-electron chi connectivity index (χ4n) is 4.79. The Bertz CT molecular complexity index is 1240. The predicted octanol–water partition coefficient (Wildman–Crippen LogP) is 6.28. The van der Waals surface area contributed by atoms with Crippen LogP contribution in [0.1, 0.15) is 35.1 Å². The minimum atomic E-state index is 0.204. The summed E-state index contributed by atoms with van der Waals surface area (Å²) in [6, 6.07) is 23.1. The quantitative estimate of drug-likeness (QED) is 0.282. The van der Waals surface area contributed by atoms with E-state index in [1.165, 1.54) is 16.8 Å². The minimum absolute atomic E-state index is 0.204. The number of aliphatic imine (C=N–C) groups is 1. The van der Waals surface area contributed by atoms with Crippen molar-refractivity contribution < 1.29 is 9.47 Å². The Balaban J connectivity index is 1.32. The van der Waals surface area contributed by atoms with Gasteiger partial charge in [-0.05, 0) is 65.4 Å². The molecule has 2 aliphatic rings. The van der Waals surface area contributed by atoms with E-state index in [-0.39, 0.29) is 12.6 Å². The predicted molar refractivity (Wildman–Crippen MR) is 134 cm³/mol. The highest BCUT2D eigenvalue weighted by Gasteiger charge is 2.37. The number of nitrogens with zero attached hydrogens (tertiary/aromatic N) is 1. The van der Waals surface area contributed by atoms with Crippen molar-refractivity contribution in [1.29, 1.82) is 0 Å². The maximum atomic E-state index is 5.50. The molecule has 0 amide bonds. The highest BCUT2D eigenvalue weighted by Crippen LogP contribution is 2.49. The smallest absolute Gasteiger partial charge is 0.162 e. The Hall–Kier alpha value is -3.97. The summed E-state index contributed by atoms with van der Waals surface area (Å²) in [5, 5.41) is 3.78. The second-order valence-electron chi connectivity index (χ2n) is 8.32. The van der Waals surface area contributed by atoms with Crippen LogP contribution >= 0.6 is 0 Å². The van der Waals surface area contributed by atoms with Crippen molar-refractivity contribution in [3.63, 3.8) is 0 Å². The van der Waals surface area contributed by atoms with Gasteiger partial charge >= 0.3 is 0 Å². The number of rotatable bonds is 6. The van der Waals surface area contributed by atoms with E-state index in [1.807, 2.05) is 24.4 Å². The zero-order valence-corrected chi connectivity index (χ0v) is 18.6. The molecule has 0 spiro atoms. The van der Waals surface area contributed by atoms with Crippen LogP contribution < -0.4 is 14.8 Å². The third-order valence-corrected chi connectivity index (χ3v) is 6.39. The van der Waals surface area contributed by atoms with Gasteiger partial charge in [-0.25, -0.2) is 0 Å². The van der Waals surface area contributed by atoms with Crippen molar-refractivity contribution in [1.82, 2.24) is 0 Å². The Morgan fingerprint density at radius 1 is 1.09 bits per heavy atom. The van der Waals surface area contributed by atoms with Gasteiger partial charge < -0.3 is 14.8 Å². The van der Waals surface area contributed by atoms with Gasteiger partial charge in [0, 0.05) is 17.8 Å². The summed E-state index contributed by atoms with van der Waals surface area (Å²) >= 11 is 0. The van der Waals surface area contributed by atoms with E-state index in [2.05, 4.69) is 76.9 Å². The van der Waals surface area contributed by atoms with Gasteiger partial charge in [0.05, 0.1) is 18.8 Å². The molecule has 0 radical (unpaired) electrons. The minimum Gasteiger partial charge on any atom is -0.493 e. The Labute approximate surface area is 195 Å². The molecule has 5 rings (SSSR count). The number of methoxy groups -OCH3 is 1. The van der Waals surface area contributed by atoms with Crippen LogP contribution in [0.4, 0.5) is 11.4 Å². The van der Waals surface area contributed by atoms with Crippen molar-refractivity contribution in [3.8, 4) is 23.8 Å². The summed E-state index contributed by atoms with van der Waals surface area (Å²) in [5.41, 5.74) is 5.76. The van der Waals surface area contributed by atoms with Crippen LogP contribution in [0.15, 0.2) is 83.9 Å². The number of anilines is 1. The Morgan fingerprint density at radius 3 is 2.76 bits per heavy atom. The number of terminal acetylenes is 1. The molecule has 1 N–H and O–H groups in total. The van der Waals surface area contributed by atoms with Crippen molar-refractivity contribution in [2.24, 2.45) is 10.9 Å². The van der Waals surface area contributed by atoms with Gasteiger partial charge in [-0.1, -0.05) is 48.4 Å². The molecule has 1 aliphatic heterocycles. The van der Waals surface area contributed by atoms with Gasteiger partial charge in [-0.2, -0.15) is 0 Å². The molecule has 0 unspecified atom stereocenters. The van der Waals surface area contributed by atoms with Crippen LogP contribution in [0.2, 0.25) is 0 Å². The molecule has 3 aromatic rings. The summed E-state index contributed by atoms with van der Waals surface area (Å²) in [6.45, 7) is 0.204. The molecular weight excluding hydrogens is 408 g/mol. The SMILES string of the molecule is C#CCOc1ccc(C=Nc2ccc([C@@H]3Nc4ccccc4[C@H]4C=CC[C@H]43)cc2)cc1OC. The van der Waals surface area contributed by atoms with Gasteiger partial charge in [-0.15, -0.1) is 6.42 Å². The Kier molecular flexibility index (Phi) is 5.87. The third kappa shape index (κ3) is 4.23. The summed E-state index contributed by atoms with van der Waals surface area (Å²) in [6.07, 6.45) is 12.9. The van der Waals surface area contributed by atoms with Crippen LogP contribution in [0, 0.1) is 18.3 Å². The molecule has 0 aromatic heterocycles. The van der Waals surface area contributed by atoms with Crippen LogP contribution in [-0.4, -0.2) is 19.9 Å². The maximum absolute atomic E-state index is 5.50. The van der Waals surface area contributed by atoms with Crippen molar-refractivity contribution in [3.05, 3.63) is 95.6 Å². The van der Waals surface area contributed by atoms with E-state index in [0.29, 0.717) is 23.3 Å². The van der Waals surface area contributed by atoms with E-state index in [1.54, 1.807) is 7.11 Å². The maximum Gasteiger partial charge on any atom is 0.162 e. The summed E-state index contributed by atoms with van der Waals surface area (Å²) in [7, 11) is 1.61. The van der Waals surface area contributed by atoms with Crippen LogP contribution in [0.3, 0.4) is 0 Å². The molecular formula is C29H26N2O2. The molecule has 1 heterocycles. The Morgan fingerprint density at radius 2 is 1.94 bits per heavy atom. The van der Waals surface area contributed by atoms with Gasteiger partial charge in [0.15, 0.2) is 11.5 Å². The van der Waals surface area contributed by atoms with Crippen LogP contribution in [0.5, 0.6) is 11.5 Å². The molecule has 164 valence electrons. The number of hydrogen-bond donors (Lipinski definition) is 1. The van der Waals surface area contributed by atoms with Gasteiger partial charge in [-0.3, -0.25) is 4.99 Å². The van der Waals surface area contributed by atoms with E-state index in [4.69, 9.17) is 15.9 Å². The monoisotopic (exact) mass is 434 g/mol. The summed E-state index contributed by atoms with van der Waals surface area (Å²) in [5.74, 6) is 4.74. The van der Waals surface area contributed by atoms with E-state index < -0.39 is 0 Å². The molecule has 0 saturated carbocycles. The molecule has 1 aliphatic carbocycles. The first kappa shape index (κ1) is 20.9. The first-order chi connectivity index (χ1) is 16.3. The number of benzene rings is 3. The molecule has 3 aromatic carbocycles. The molecule has 33 heavy (non-hydrogen) atoms. The topological polar surface area (TPSA) is 42.8 Å². The van der Waals surface area contributed by atoms with Crippen LogP contribution in [-0.2, 0) is 0 Å². The standard InChI is InChI=1S/C29H26N2O2/c1-3-17-33-27-16-11-20(18-28(27)32-2)19-30-22-14-12-21(13-15-22)29-25-9-6-8-23(25)24-7-4-5-10-26(24)31-29/h1,4-8,10-16,18-19,23,25,29,31H,9,17H2,2H3/t23-,25-,29+/m1/s1. The van der Waals surface area contributed by atoms with E-state index in [9.17, 15) is 0 Å². The van der Waals surface area contributed by atoms with Crippen molar-refractivity contribution in [2.75, 3.05) is 19.0 Å². The van der Waals surface area contributed by atoms with Crippen molar-refractivity contribution >= 4 is 17.6 Å². The number of ether oxygens (including phenoxy) is 2. The lowest BCUT2D eigenvalue weighted by atomic mass is 9.77. The average Bonchev–Trinajstić information content (AvgIpc) is 3.37. The number of allylic oxidation sites excluding steroid dienone is 2. The first-order valence-corrected chi connectivity index (χ1v) is 11.2.